The molecule has 2 N–H and O–H groups in total. The van der Waals surface area contributed by atoms with E-state index in [1.807, 2.05) is 42.2 Å². The van der Waals surface area contributed by atoms with Crippen LogP contribution in [0.2, 0.25) is 0 Å². The Balaban J connectivity index is 1.72. The highest BCUT2D eigenvalue weighted by molar-refractivity contribution is 5.69. The van der Waals surface area contributed by atoms with Crippen LogP contribution in [0.1, 0.15) is 18.1 Å². The number of nitro groups is 1. The molecule has 0 amide bonds. The minimum Gasteiger partial charge on any atom is -0.395 e. The molecule has 7 nitrogen and oxygen atoms in total. The molecule has 134 valence electrons. The maximum Gasteiger partial charge on any atom is 0.269 e. The molecule has 2 aromatic rings. The van der Waals surface area contributed by atoms with Crippen LogP contribution in [0.15, 0.2) is 65.4 Å². The molecular formula is C19H20N4O3. The summed E-state index contributed by atoms with van der Waals surface area (Å²) in [6.07, 6.45) is 1.59. The van der Waals surface area contributed by atoms with E-state index in [4.69, 9.17) is 10.5 Å². The van der Waals surface area contributed by atoms with Crippen molar-refractivity contribution in [3.8, 4) is 0 Å². The molecule has 7 heteroatoms. The van der Waals surface area contributed by atoms with Crippen LogP contribution in [0.3, 0.4) is 0 Å². The monoisotopic (exact) mass is 352 g/mol. The summed E-state index contributed by atoms with van der Waals surface area (Å²) in [7, 11) is 0. The molecule has 1 heterocycles. The Bertz CT molecular complexity index is 832. The third-order valence-electron chi connectivity index (χ3n) is 4.01. The molecule has 1 aliphatic heterocycles. The van der Waals surface area contributed by atoms with E-state index >= 15 is 0 Å². The van der Waals surface area contributed by atoms with Gasteiger partial charge in [0.05, 0.1) is 23.8 Å². The molecule has 1 fully saturated rings. The Morgan fingerprint density at radius 2 is 2.00 bits per heavy atom. The largest absolute Gasteiger partial charge is 0.395 e. The van der Waals surface area contributed by atoms with Crippen LogP contribution in [-0.2, 0) is 11.3 Å². The first-order valence-electron chi connectivity index (χ1n) is 8.25. The molecule has 1 aliphatic rings. The van der Waals surface area contributed by atoms with Gasteiger partial charge >= 0.3 is 0 Å². The van der Waals surface area contributed by atoms with Gasteiger partial charge in [-0.1, -0.05) is 30.3 Å². The van der Waals surface area contributed by atoms with Crippen molar-refractivity contribution >= 4 is 17.6 Å². The summed E-state index contributed by atoms with van der Waals surface area (Å²) < 4.78 is 5.89. The molecule has 1 unspecified atom stereocenters. The van der Waals surface area contributed by atoms with Crippen molar-refractivity contribution in [2.45, 2.75) is 19.8 Å². The van der Waals surface area contributed by atoms with Crippen LogP contribution in [-0.4, -0.2) is 28.8 Å². The fraction of sp³-hybridized carbons (Fsp3) is 0.211. The van der Waals surface area contributed by atoms with E-state index in [0.29, 0.717) is 30.2 Å². The molecular weight excluding hydrogens is 332 g/mol. The van der Waals surface area contributed by atoms with Crippen LogP contribution in [0.25, 0.3) is 5.70 Å². The van der Waals surface area contributed by atoms with Gasteiger partial charge in [0.15, 0.2) is 5.82 Å². The summed E-state index contributed by atoms with van der Waals surface area (Å²) in [4.78, 5) is 16.7. The summed E-state index contributed by atoms with van der Waals surface area (Å²) in [6, 6.07) is 16.1. The number of nitro benzene ring substituents is 1. The van der Waals surface area contributed by atoms with Crippen molar-refractivity contribution in [2.24, 2.45) is 10.7 Å². The number of aliphatic imine (C=N–C) groups is 1. The number of non-ortho nitro benzene ring substituents is 1. The molecule has 0 aliphatic carbocycles. The van der Waals surface area contributed by atoms with Gasteiger partial charge in [-0.2, -0.15) is 0 Å². The molecule has 1 atom stereocenters. The van der Waals surface area contributed by atoms with E-state index in [9.17, 15) is 10.1 Å². The van der Waals surface area contributed by atoms with Gasteiger partial charge in [0, 0.05) is 23.9 Å². The fourth-order valence-corrected chi connectivity index (χ4v) is 2.57. The van der Waals surface area contributed by atoms with E-state index in [-0.39, 0.29) is 11.9 Å². The normalized spacial score (nSPS) is 17.3. The van der Waals surface area contributed by atoms with Gasteiger partial charge in [-0.15, -0.1) is 0 Å². The molecule has 0 bridgehead atoms. The Morgan fingerprint density at radius 3 is 2.62 bits per heavy atom. The van der Waals surface area contributed by atoms with Crippen LogP contribution >= 0.6 is 0 Å². The van der Waals surface area contributed by atoms with E-state index in [1.54, 1.807) is 18.3 Å². The zero-order valence-corrected chi connectivity index (χ0v) is 14.4. The van der Waals surface area contributed by atoms with Crippen LogP contribution < -0.4 is 5.73 Å². The first-order chi connectivity index (χ1) is 12.6. The van der Waals surface area contributed by atoms with Crippen molar-refractivity contribution < 1.29 is 9.66 Å². The summed E-state index contributed by atoms with van der Waals surface area (Å²) in [5.41, 5.74) is 8.54. The molecule has 3 rings (SSSR count). The average molecular weight is 352 g/mol. The summed E-state index contributed by atoms with van der Waals surface area (Å²) in [6.45, 7) is 3.03. The van der Waals surface area contributed by atoms with Gasteiger partial charge in [0.1, 0.15) is 6.23 Å². The van der Waals surface area contributed by atoms with Crippen LogP contribution in [0.5, 0.6) is 0 Å². The lowest BCUT2D eigenvalue weighted by Crippen LogP contribution is -2.11. The Labute approximate surface area is 151 Å². The minimum atomic E-state index is -0.438. The highest BCUT2D eigenvalue weighted by atomic mass is 16.6. The number of hydrogen-bond donors (Lipinski definition) is 1. The zero-order chi connectivity index (χ0) is 18.5. The van der Waals surface area contributed by atoms with E-state index in [2.05, 4.69) is 4.99 Å². The number of ether oxygens (including phenoxy) is 1. The first kappa shape index (κ1) is 17.6. The average Bonchev–Trinajstić information content (AvgIpc) is 3.44. The second kappa shape index (κ2) is 7.79. The SMILES string of the molecule is C/C=N\C(=C(/N)c1ccc([N+](=O)[O-])cc1)N1CC1OCc1ccccc1. The van der Waals surface area contributed by atoms with Gasteiger partial charge < -0.3 is 15.4 Å². The molecule has 2 aromatic carbocycles. The van der Waals surface area contributed by atoms with Crippen molar-refractivity contribution in [2.75, 3.05) is 6.54 Å². The van der Waals surface area contributed by atoms with Gasteiger partial charge in [0.25, 0.3) is 5.69 Å². The summed E-state index contributed by atoms with van der Waals surface area (Å²) >= 11 is 0. The van der Waals surface area contributed by atoms with Crippen LogP contribution in [0.4, 0.5) is 5.69 Å². The van der Waals surface area contributed by atoms with Gasteiger partial charge in [0.2, 0.25) is 0 Å². The summed E-state index contributed by atoms with van der Waals surface area (Å²) in [5, 5.41) is 10.8. The number of hydrogen-bond acceptors (Lipinski definition) is 6. The zero-order valence-electron chi connectivity index (χ0n) is 14.4. The van der Waals surface area contributed by atoms with Crippen molar-refractivity contribution in [3.63, 3.8) is 0 Å². The number of nitrogens with zero attached hydrogens (tertiary/aromatic N) is 3. The van der Waals surface area contributed by atoms with Crippen molar-refractivity contribution in [3.05, 3.63) is 81.7 Å². The van der Waals surface area contributed by atoms with Crippen molar-refractivity contribution in [1.29, 1.82) is 0 Å². The topological polar surface area (TPSA) is 93.8 Å². The molecule has 26 heavy (non-hydrogen) atoms. The third-order valence-corrected chi connectivity index (χ3v) is 4.01. The third kappa shape index (κ3) is 4.07. The first-order valence-corrected chi connectivity index (χ1v) is 8.25. The number of nitrogens with two attached hydrogens (primary N) is 1. The van der Waals surface area contributed by atoms with E-state index < -0.39 is 4.92 Å². The second-order valence-corrected chi connectivity index (χ2v) is 5.83. The Kier molecular flexibility index (Phi) is 5.28. The lowest BCUT2D eigenvalue weighted by atomic mass is 10.1. The lowest BCUT2D eigenvalue weighted by Gasteiger charge is -2.11. The Morgan fingerprint density at radius 1 is 1.31 bits per heavy atom. The van der Waals surface area contributed by atoms with Gasteiger partial charge in [-0.05, 0) is 24.6 Å². The van der Waals surface area contributed by atoms with Gasteiger partial charge in [-0.3, -0.25) is 10.1 Å². The predicted molar refractivity (Wildman–Crippen MR) is 100 cm³/mol. The molecule has 0 radical (unpaired) electrons. The highest BCUT2D eigenvalue weighted by Gasteiger charge is 2.38. The maximum absolute atomic E-state index is 10.8. The molecule has 0 aromatic heterocycles. The molecule has 1 saturated heterocycles. The predicted octanol–water partition coefficient (Wildman–Crippen LogP) is 3.13. The smallest absolute Gasteiger partial charge is 0.269 e. The molecule has 0 spiro atoms. The second-order valence-electron chi connectivity index (χ2n) is 5.83. The van der Waals surface area contributed by atoms with Crippen molar-refractivity contribution in [1.82, 2.24) is 4.90 Å². The maximum atomic E-state index is 10.8. The van der Waals surface area contributed by atoms with Crippen LogP contribution in [0, 0.1) is 10.1 Å². The minimum absolute atomic E-state index is 0.0258. The lowest BCUT2D eigenvalue weighted by molar-refractivity contribution is -0.384. The van der Waals surface area contributed by atoms with E-state index in [0.717, 1.165) is 5.56 Å². The number of rotatable bonds is 7. The standard InChI is InChI=1S/C19H20N4O3/c1-2-21-19(18(20)15-8-10-16(11-9-15)23(24)25)22-12-17(22)26-13-14-6-4-3-5-7-14/h2-11,17H,12-13,20H2,1H3/b19-18+,21-2-. The number of benzene rings is 2. The fourth-order valence-electron chi connectivity index (χ4n) is 2.57. The Hall–Kier alpha value is -3.19. The van der Waals surface area contributed by atoms with E-state index in [1.165, 1.54) is 12.1 Å². The van der Waals surface area contributed by atoms with Gasteiger partial charge in [-0.25, -0.2) is 4.99 Å². The highest BCUT2D eigenvalue weighted by Crippen LogP contribution is 2.31. The quantitative estimate of drug-likeness (QED) is 0.358. The molecule has 0 saturated carbocycles. The summed E-state index contributed by atoms with van der Waals surface area (Å²) in [5.74, 6) is 0.611.